The normalized spacial score (nSPS) is 18.1. The van der Waals surface area contributed by atoms with Gasteiger partial charge in [0.2, 0.25) is 5.91 Å². The van der Waals surface area contributed by atoms with Crippen LogP contribution in [0.4, 0.5) is 0 Å². The van der Waals surface area contributed by atoms with Crippen molar-refractivity contribution in [2.24, 2.45) is 5.73 Å². The molecule has 0 radical (unpaired) electrons. The lowest BCUT2D eigenvalue weighted by molar-refractivity contribution is -0.133. The van der Waals surface area contributed by atoms with Gasteiger partial charge in [0.1, 0.15) is 17.6 Å². The second kappa shape index (κ2) is 11.8. The third-order valence-electron chi connectivity index (χ3n) is 5.36. The zero-order valence-corrected chi connectivity index (χ0v) is 17.8. The van der Waals surface area contributed by atoms with E-state index in [1.165, 1.54) is 0 Å². The molecule has 7 nitrogen and oxygen atoms in total. The smallest absolute Gasteiger partial charge is 0.257 e. The van der Waals surface area contributed by atoms with Gasteiger partial charge in [-0.25, -0.2) is 0 Å². The maximum atomic E-state index is 13.1. The van der Waals surface area contributed by atoms with Gasteiger partial charge in [0.15, 0.2) is 6.61 Å². The summed E-state index contributed by atoms with van der Waals surface area (Å²) >= 11 is 0. The fraction of sp³-hybridized carbons (Fsp3) is 0.636. The Bertz CT molecular complexity index is 630. The van der Waals surface area contributed by atoms with Crippen molar-refractivity contribution in [2.75, 3.05) is 19.7 Å². The Morgan fingerprint density at radius 1 is 1.17 bits per heavy atom. The van der Waals surface area contributed by atoms with Crippen LogP contribution in [0.3, 0.4) is 0 Å². The molecule has 1 heterocycles. The number of nitrogens with zero attached hydrogens (tertiary/aromatic N) is 1. The third-order valence-corrected chi connectivity index (χ3v) is 5.36. The molecule has 1 saturated heterocycles. The van der Waals surface area contributed by atoms with E-state index in [0.29, 0.717) is 25.3 Å². The van der Waals surface area contributed by atoms with Gasteiger partial charge in [-0.1, -0.05) is 57.7 Å². The van der Waals surface area contributed by atoms with Crippen molar-refractivity contribution in [3.63, 3.8) is 0 Å². The first-order valence-electron chi connectivity index (χ1n) is 10.8. The van der Waals surface area contributed by atoms with Crippen molar-refractivity contribution >= 4 is 11.8 Å². The maximum absolute atomic E-state index is 13.1. The molecule has 1 aliphatic heterocycles. The van der Waals surface area contributed by atoms with Crippen LogP contribution < -0.4 is 21.1 Å². The maximum Gasteiger partial charge on any atom is 0.257 e. The van der Waals surface area contributed by atoms with E-state index >= 15 is 0 Å². The van der Waals surface area contributed by atoms with Crippen molar-refractivity contribution in [2.45, 2.75) is 70.6 Å². The van der Waals surface area contributed by atoms with Crippen LogP contribution in [0.25, 0.3) is 0 Å². The number of benzene rings is 1. The second-order valence-corrected chi connectivity index (χ2v) is 7.68. The molecular weight excluding hydrogens is 368 g/mol. The summed E-state index contributed by atoms with van der Waals surface area (Å²) in [6.45, 7) is 5.24. The fourth-order valence-electron chi connectivity index (χ4n) is 3.70. The Hall–Kier alpha value is -2.12. The molecule has 2 rings (SSSR count). The Morgan fingerprint density at radius 2 is 1.83 bits per heavy atom. The minimum Gasteiger partial charge on any atom is -0.484 e. The van der Waals surface area contributed by atoms with Gasteiger partial charge in [-0.15, -0.1) is 0 Å². The minimum atomic E-state index is -0.530. The largest absolute Gasteiger partial charge is 0.484 e. The predicted octanol–water partition coefficient (Wildman–Crippen LogP) is 2.37. The summed E-state index contributed by atoms with van der Waals surface area (Å²) in [6.07, 6.45) is 5.93. The molecule has 1 aromatic rings. The SMILES string of the molecule is CCCCC1(CCCC)NC(N)N(CCCNC(=O)COc2ccccc2)C1=O. The Kier molecular flexibility index (Phi) is 9.41. The molecule has 1 aliphatic rings. The molecule has 0 aliphatic carbocycles. The molecule has 0 spiro atoms. The van der Waals surface area contributed by atoms with Crippen molar-refractivity contribution in [1.29, 1.82) is 0 Å². The van der Waals surface area contributed by atoms with E-state index in [-0.39, 0.29) is 18.4 Å². The van der Waals surface area contributed by atoms with E-state index in [1.54, 1.807) is 4.90 Å². The van der Waals surface area contributed by atoms with Gasteiger partial charge in [0.25, 0.3) is 5.91 Å². The van der Waals surface area contributed by atoms with Crippen molar-refractivity contribution in [3.05, 3.63) is 30.3 Å². The first-order chi connectivity index (χ1) is 14.0. The summed E-state index contributed by atoms with van der Waals surface area (Å²) in [5, 5.41) is 6.20. The van der Waals surface area contributed by atoms with Crippen molar-refractivity contribution in [3.8, 4) is 5.75 Å². The standard InChI is InChI=1S/C22H36N4O3/c1-3-5-13-22(14-6-4-2)20(28)26(21(23)25-22)16-10-15-24-19(27)17-29-18-11-8-7-9-12-18/h7-9,11-12,21,25H,3-6,10,13-17,23H2,1-2H3,(H,24,27). The van der Waals surface area contributed by atoms with Gasteiger partial charge >= 0.3 is 0 Å². The van der Waals surface area contributed by atoms with Crippen LogP contribution in [0.2, 0.25) is 0 Å². The van der Waals surface area contributed by atoms with Crippen molar-refractivity contribution < 1.29 is 14.3 Å². The lowest BCUT2D eigenvalue weighted by Crippen LogP contribution is -2.49. The van der Waals surface area contributed by atoms with Crippen LogP contribution >= 0.6 is 0 Å². The lowest BCUT2D eigenvalue weighted by Gasteiger charge is -2.27. The quantitative estimate of drug-likeness (QED) is 0.439. The van der Waals surface area contributed by atoms with Crippen LogP contribution in [0.1, 0.15) is 58.8 Å². The molecule has 29 heavy (non-hydrogen) atoms. The van der Waals surface area contributed by atoms with E-state index < -0.39 is 11.8 Å². The van der Waals surface area contributed by atoms with E-state index in [1.807, 2.05) is 30.3 Å². The van der Waals surface area contributed by atoms with Gasteiger partial charge < -0.3 is 15.0 Å². The summed E-state index contributed by atoms with van der Waals surface area (Å²) in [7, 11) is 0. The summed E-state index contributed by atoms with van der Waals surface area (Å²) in [4.78, 5) is 26.8. The average molecular weight is 405 g/mol. The first kappa shape index (κ1) is 23.2. The lowest BCUT2D eigenvalue weighted by atomic mass is 9.87. The average Bonchev–Trinajstić information content (AvgIpc) is 2.97. The van der Waals surface area contributed by atoms with E-state index in [9.17, 15) is 9.59 Å². The van der Waals surface area contributed by atoms with Gasteiger partial charge in [-0.3, -0.25) is 20.6 Å². The summed E-state index contributed by atoms with van der Waals surface area (Å²) in [5.41, 5.74) is 5.70. The molecule has 1 fully saturated rings. The number of nitrogens with one attached hydrogen (secondary N) is 2. The molecule has 162 valence electrons. The summed E-state index contributed by atoms with van der Waals surface area (Å²) < 4.78 is 5.43. The number of unbranched alkanes of at least 4 members (excludes halogenated alkanes) is 2. The molecule has 0 saturated carbocycles. The monoisotopic (exact) mass is 404 g/mol. The Balaban J connectivity index is 1.76. The molecule has 7 heteroatoms. The summed E-state index contributed by atoms with van der Waals surface area (Å²) in [6, 6.07) is 9.23. The van der Waals surface area contributed by atoms with E-state index in [4.69, 9.17) is 10.5 Å². The van der Waals surface area contributed by atoms with Crippen LogP contribution in [0.15, 0.2) is 30.3 Å². The predicted molar refractivity (Wildman–Crippen MR) is 114 cm³/mol. The minimum absolute atomic E-state index is 0.0229. The number of hydrogen-bond acceptors (Lipinski definition) is 5. The van der Waals surface area contributed by atoms with E-state index in [2.05, 4.69) is 24.5 Å². The van der Waals surface area contributed by atoms with Gasteiger partial charge in [0.05, 0.1) is 0 Å². The number of carbonyl (C=O) groups is 2. The van der Waals surface area contributed by atoms with Crippen LogP contribution in [-0.2, 0) is 9.59 Å². The molecule has 1 aromatic carbocycles. The zero-order chi connectivity index (χ0) is 21.1. The second-order valence-electron chi connectivity index (χ2n) is 7.68. The highest BCUT2D eigenvalue weighted by molar-refractivity contribution is 5.88. The Morgan fingerprint density at radius 3 is 2.45 bits per heavy atom. The number of amides is 2. The highest BCUT2D eigenvalue weighted by Gasteiger charge is 2.48. The first-order valence-corrected chi connectivity index (χ1v) is 10.8. The molecule has 2 amide bonds. The van der Waals surface area contributed by atoms with Gasteiger partial charge in [-0.05, 0) is 31.4 Å². The Labute approximate surface area is 174 Å². The topological polar surface area (TPSA) is 96.7 Å². The fourth-order valence-corrected chi connectivity index (χ4v) is 3.70. The van der Waals surface area contributed by atoms with Crippen LogP contribution in [-0.4, -0.2) is 48.2 Å². The number of rotatable bonds is 13. The highest BCUT2D eigenvalue weighted by atomic mass is 16.5. The zero-order valence-electron chi connectivity index (χ0n) is 17.8. The summed E-state index contributed by atoms with van der Waals surface area (Å²) in [5.74, 6) is 0.591. The van der Waals surface area contributed by atoms with E-state index in [0.717, 1.165) is 38.5 Å². The molecule has 1 atom stereocenters. The number of hydrogen-bond donors (Lipinski definition) is 3. The van der Waals surface area contributed by atoms with Crippen molar-refractivity contribution in [1.82, 2.24) is 15.5 Å². The van der Waals surface area contributed by atoms with Gasteiger partial charge in [-0.2, -0.15) is 0 Å². The van der Waals surface area contributed by atoms with Crippen LogP contribution in [0.5, 0.6) is 5.75 Å². The molecule has 4 N–H and O–H groups in total. The van der Waals surface area contributed by atoms with Gasteiger partial charge in [0, 0.05) is 13.1 Å². The number of para-hydroxylation sites is 1. The van der Waals surface area contributed by atoms with Crippen LogP contribution in [0, 0.1) is 0 Å². The number of carbonyl (C=O) groups excluding carboxylic acids is 2. The number of ether oxygens (including phenoxy) is 1. The molecule has 1 unspecified atom stereocenters. The molecule has 0 aromatic heterocycles. The highest BCUT2D eigenvalue weighted by Crippen LogP contribution is 2.29. The molecule has 0 bridgehead atoms. The number of nitrogens with two attached hydrogens (primary N) is 1. The molecular formula is C22H36N4O3. The third kappa shape index (κ3) is 6.72.